The normalized spacial score (nSPS) is 20.2. The number of thiazole rings is 1. The molecule has 0 spiro atoms. The first-order valence-electron chi connectivity index (χ1n) is 3.20. The van der Waals surface area contributed by atoms with Crippen molar-refractivity contribution in [3.63, 3.8) is 0 Å². The van der Waals surface area contributed by atoms with Crippen LogP contribution in [0.2, 0.25) is 0 Å². The average Bonchev–Trinajstić information content (AvgIpc) is 2.41. The maximum absolute atomic E-state index is 10.8. The summed E-state index contributed by atoms with van der Waals surface area (Å²) in [6, 6.07) is 0. The van der Waals surface area contributed by atoms with Crippen molar-refractivity contribution in [2.24, 2.45) is 5.73 Å². The van der Waals surface area contributed by atoms with E-state index in [1.165, 1.54) is 11.3 Å². The molecule has 1 aromatic heterocycles. The molecule has 1 unspecified atom stereocenters. The van der Waals surface area contributed by atoms with Gasteiger partial charge in [-0.05, 0) is 6.08 Å². The van der Waals surface area contributed by atoms with Gasteiger partial charge in [0.2, 0.25) is 5.91 Å². The molecule has 0 fully saturated rings. The Hall–Kier alpha value is -1.16. The van der Waals surface area contributed by atoms with Gasteiger partial charge in [-0.15, -0.1) is 11.3 Å². The highest BCUT2D eigenvalue weighted by Gasteiger charge is 2.24. The lowest BCUT2D eigenvalue weighted by Gasteiger charge is -1.99. The number of rotatable bonds is 1. The average molecular weight is 166 g/mol. The second-order valence-electron chi connectivity index (χ2n) is 2.34. The van der Waals surface area contributed by atoms with Crippen molar-refractivity contribution in [2.75, 3.05) is 0 Å². The standard InChI is InChI=1S/C7H6N2OS/c8-7(10)4-1-2-5-6(4)9-3-11-5/h1-4H,(H2,8,10). The van der Waals surface area contributed by atoms with Gasteiger partial charge in [-0.2, -0.15) is 0 Å². The first-order valence-corrected chi connectivity index (χ1v) is 4.08. The fourth-order valence-corrected chi connectivity index (χ4v) is 1.86. The zero-order valence-electron chi connectivity index (χ0n) is 5.65. The predicted octanol–water partition coefficient (Wildman–Crippen LogP) is 0.739. The van der Waals surface area contributed by atoms with Crippen LogP contribution in [0.25, 0.3) is 6.08 Å². The molecule has 4 heteroatoms. The summed E-state index contributed by atoms with van der Waals surface area (Å²) >= 11 is 1.53. The second-order valence-corrected chi connectivity index (χ2v) is 3.23. The number of nitrogens with two attached hydrogens (primary N) is 1. The Kier molecular flexibility index (Phi) is 1.29. The monoisotopic (exact) mass is 166 g/mol. The molecule has 0 saturated heterocycles. The molecule has 1 aliphatic rings. The molecule has 0 bridgehead atoms. The van der Waals surface area contributed by atoms with Gasteiger partial charge in [-0.3, -0.25) is 4.79 Å². The fraction of sp³-hybridized carbons (Fsp3) is 0.143. The highest BCUT2D eigenvalue weighted by atomic mass is 32.1. The van der Waals surface area contributed by atoms with Gasteiger partial charge in [0.15, 0.2) is 0 Å². The van der Waals surface area contributed by atoms with Gasteiger partial charge in [0, 0.05) is 0 Å². The Morgan fingerprint density at radius 3 is 3.27 bits per heavy atom. The van der Waals surface area contributed by atoms with E-state index in [1.807, 2.05) is 6.08 Å². The maximum Gasteiger partial charge on any atom is 0.230 e. The van der Waals surface area contributed by atoms with Crippen LogP contribution in [0.3, 0.4) is 0 Å². The topological polar surface area (TPSA) is 56.0 Å². The van der Waals surface area contributed by atoms with Crippen LogP contribution in [0.5, 0.6) is 0 Å². The summed E-state index contributed by atoms with van der Waals surface area (Å²) in [4.78, 5) is 15.9. The van der Waals surface area contributed by atoms with Gasteiger partial charge in [0.25, 0.3) is 0 Å². The van der Waals surface area contributed by atoms with E-state index >= 15 is 0 Å². The summed E-state index contributed by atoms with van der Waals surface area (Å²) in [5.41, 5.74) is 7.68. The highest BCUT2D eigenvalue weighted by molar-refractivity contribution is 7.10. The van der Waals surface area contributed by atoms with E-state index in [4.69, 9.17) is 5.73 Å². The van der Waals surface area contributed by atoms with Gasteiger partial charge < -0.3 is 5.73 Å². The molecule has 0 aliphatic heterocycles. The molecular weight excluding hydrogens is 160 g/mol. The SMILES string of the molecule is NC(=O)C1C=Cc2scnc21. The molecule has 3 nitrogen and oxygen atoms in total. The number of carbonyl (C=O) groups excluding carboxylic acids is 1. The van der Waals surface area contributed by atoms with Crippen LogP contribution < -0.4 is 5.73 Å². The van der Waals surface area contributed by atoms with Gasteiger partial charge >= 0.3 is 0 Å². The number of hydrogen-bond acceptors (Lipinski definition) is 3. The molecule has 2 N–H and O–H groups in total. The summed E-state index contributed by atoms with van der Waals surface area (Å²) in [7, 11) is 0. The number of fused-ring (bicyclic) bond motifs is 1. The summed E-state index contributed by atoms with van der Waals surface area (Å²) in [5, 5.41) is 0. The molecular formula is C7H6N2OS. The molecule has 2 rings (SSSR count). The summed E-state index contributed by atoms with van der Waals surface area (Å²) in [6.07, 6.45) is 3.68. The summed E-state index contributed by atoms with van der Waals surface area (Å²) < 4.78 is 0. The maximum atomic E-state index is 10.8. The Bertz CT molecular complexity index is 329. The lowest BCUT2D eigenvalue weighted by atomic mass is 10.1. The summed E-state index contributed by atoms with van der Waals surface area (Å²) in [6.45, 7) is 0. The Labute approximate surface area is 67.6 Å². The minimum Gasteiger partial charge on any atom is -0.369 e. The van der Waals surface area contributed by atoms with Crippen LogP contribution in [-0.2, 0) is 4.79 Å². The van der Waals surface area contributed by atoms with E-state index in [9.17, 15) is 4.79 Å². The zero-order chi connectivity index (χ0) is 7.84. The lowest BCUT2D eigenvalue weighted by Crippen LogP contribution is -2.18. The van der Waals surface area contributed by atoms with Crippen LogP contribution in [0.1, 0.15) is 16.5 Å². The molecule has 11 heavy (non-hydrogen) atoms. The van der Waals surface area contributed by atoms with E-state index in [1.54, 1.807) is 11.6 Å². The van der Waals surface area contributed by atoms with Gasteiger partial charge in [0.1, 0.15) is 0 Å². The number of amides is 1. The van der Waals surface area contributed by atoms with Crippen molar-refractivity contribution in [3.05, 3.63) is 22.2 Å². The van der Waals surface area contributed by atoms with Crippen LogP contribution in [0, 0.1) is 0 Å². The Morgan fingerprint density at radius 2 is 2.55 bits per heavy atom. The molecule has 1 heterocycles. The van der Waals surface area contributed by atoms with Crippen molar-refractivity contribution in [3.8, 4) is 0 Å². The Balaban J connectivity index is 2.46. The third-order valence-corrected chi connectivity index (χ3v) is 2.48. The number of nitrogens with zero attached hydrogens (tertiary/aromatic N) is 1. The molecule has 56 valence electrons. The van der Waals surface area contributed by atoms with E-state index in [0.717, 1.165) is 10.6 Å². The van der Waals surface area contributed by atoms with E-state index < -0.39 is 0 Å². The molecule has 1 aromatic rings. The highest BCUT2D eigenvalue weighted by Crippen LogP contribution is 2.30. The quantitative estimate of drug-likeness (QED) is 0.669. The molecule has 1 amide bonds. The number of aromatic nitrogens is 1. The molecule has 1 atom stereocenters. The third-order valence-electron chi connectivity index (χ3n) is 1.67. The lowest BCUT2D eigenvalue weighted by molar-refractivity contribution is -0.118. The van der Waals surface area contributed by atoms with Gasteiger partial charge in [-0.1, -0.05) is 6.08 Å². The third kappa shape index (κ3) is 0.867. The number of carbonyl (C=O) groups is 1. The summed E-state index contributed by atoms with van der Waals surface area (Å²) in [5.74, 6) is -0.623. The van der Waals surface area contributed by atoms with Gasteiger partial charge in [0.05, 0.1) is 22.0 Å². The first-order chi connectivity index (χ1) is 5.29. The fourth-order valence-electron chi connectivity index (χ4n) is 1.13. The van der Waals surface area contributed by atoms with E-state index in [2.05, 4.69) is 4.98 Å². The molecule has 0 aromatic carbocycles. The molecule has 1 aliphatic carbocycles. The van der Waals surface area contributed by atoms with Crippen LogP contribution in [0.15, 0.2) is 11.6 Å². The number of primary amides is 1. The second kappa shape index (κ2) is 2.17. The van der Waals surface area contributed by atoms with Crippen LogP contribution >= 0.6 is 11.3 Å². The van der Waals surface area contributed by atoms with Crippen LogP contribution in [0.4, 0.5) is 0 Å². The van der Waals surface area contributed by atoms with Crippen molar-refractivity contribution in [2.45, 2.75) is 5.92 Å². The van der Waals surface area contributed by atoms with Crippen molar-refractivity contribution < 1.29 is 4.79 Å². The van der Waals surface area contributed by atoms with Gasteiger partial charge in [-0.25, -0.2) is 4.98 Å². The largest absolute Gasteiger partial charge is 0.369 e. The number of hydrogen-bond donors (Lipinski definition) is 1. The molecule has 0 saturated carbocycles. The minimum atomic E-state index is -0.328. The van der Waals surface area contributed by atoms with Crippen molar-refractivity contribution in [1.29, 1.82) is 0 Å². The van der Waals surface area contributed by atoms with Crippen molar-refractivity contribution >= 4 is 23.3 Å². The Morgan fingerprint density at radius 1 is 1.73 bits per heavy atom. The zero-order valence-corrected chi connectivity index (χ0v) is 6.47. The molecule has 0 radical (unpaired) electrons. The predicted molar refractivity (Wildman–Crippen MR) is 43.1 cm³/mol. The van der Waals surface area contributed by atoms with Crippen molar-refractivity contribution in [1.82, 2.24) is 4.98 Å². The smallest absolute Gasteiger partial charge is 0.230 e. The van der Waals surface area contributed by atoms with Crippen LogP contribution in [-0.4, -0.2) is 10.9 Å². The minimum absolute atomic E-state index is 0.295. The van der Waals surface area contributed by atoms with E-state index in [-0.39, 0.29) is 11.8 Å². The van der Waals surface area contributed by atoms with E-state index in [0.29, 0.717) is 0 Å². The first kappa shape index (κ1) is 6.54.